The molecule has 2 rings (SSSR count). The first-order valence-electron chi connectivity index (χ1n) is 5.73. The van der Waals surface area contributed by atoms with Crippen molar-refractivity contribution in [2.24, 2.45) is 17.8 Å². The van der Waals surface area contributed by atoms with E-state index in [0.717, 1.165) is 24.2 Å². The summed E-state index contributed by atoms with van der Waals surface area (Å²) in [4.78, 5) is 34.1. The van der Waals surface area contributed by atoms with E-state index in [9.17, 15) is 14.4 Å². The summed E-state index contributed by atoms with van der Waals surface area (Å²) in [6, 6.07) is 0. The molecule has 1 amide bonds. The number of fused-ring (bicyclic) bond motifs is 1. The Morgan fingerprint density at radius 3 is 1.88 bits per heavy atom. The van der Waals surface area contributed by atoms with E-state index in [2.05, 4.69) is 0 Å². The van der Waals surface area contributed by atoms with Gasteiger partial charge in [0.05, 0.1) is 0 Å². The molecule has 2 aliphatic carbocycles. The Labute approximate surface area is 98.2 Å². The molecule has 2 saturated carbocycles. The molecule has 2 aliphatic rings. The van der Waals surface area contributed by atoms with Crippen LogP contribution in [0.4, 0.5) is 0 Å². The summed E-state index contributed by atoms with van der Waals surface area (Å²) in [6.07, 6.45) is 3.14. The molecule has 0 heterocycles. The fourth-order valence-corrected chi connectivity index (χ4v) is 2.94. The maximum absolute atomic E-state index is 12.0. The first-order chi connectivity index (χ1) is 8.00. The Hall–Kier alpha value is -1.59. The molecule has 0 spiro atoms. The highest BCUT2D eigenvalue weighted by Crippen LogP contribution is 2.58. The largest absolute Gasteiger partial charge is 0.480 e. The molecule has 17 heavy (non-hydrogen) atoms. The molecule has 0 aromatic carbocycles. The standard InChI is InChI=1S/C11H15NO5/c13-8(14)4-12(5-9(15)16)11(17)10-6-2-1-3-7(6)10/h6-7,10H,1-5H2,(H,13,14)(H,15,16). The van der Waals surface area contributed by atoms with Crippen molar-refractivity contribution in [3.05, 3.63) is 0 Å². The van der Waals surface area contributed by atoms with Crippen molar-refractivity contribution in [3.63, 3.8) is 0 Å². The number of carboxylic acid groups (broad SMARTS) is 2. The summed E-state index contributed by atoms with van der Waals surface area (Å²) in [6.45, 7) is -1.05. The quantitative estimate of drug-likeness (QED) is 0.708. The van der Waals surface area contributed by atoms with E-state index in [0.29, 0.717) is 11.8 Å². The summed E-state index contributed by atoms with van der Waals surface area (Å²) < 4.78 is 0. The van der Waals surface area contributed by atoms with Crippen LogP contribution in [0.25, 0.3) is 0 Å². The number of hydrogen-bond donors (Lipinski definition) is 2. The van der Waals surface area contributed by atoms with Gasteiger partial charge in [-0.25, -0.2) is 0 Å². The SMILES string of the molecule is O=C(O)CN(CC(=O)O)C(=O)C1C2CCCC21. The van der Waals surface area contributed by atoms with Crippen LogP contribution in [0.3, 0.4) is 0 Å². The van der Waals surface area contributed by atoms with Gasteiger partial charge in [0, 0.05) is 5.92 Å². The zero-order valence-corrected chi connectivity index (χ0v) is 9.33. The minimum Gasteiger partial charge on any atom is -0.480 e. The van der Waals surface area contributed by atoms with Gasteiger partial charge in [0.25, 0.3) is 0 Å². The number of carbonyl (C=O) groups is 3. The number of nitrogens with zero attached hydrogens (tertiary/aromatic N) is 1. The zero-order chi connectivity index (χ0) is 12.6. The Morgan fingerprint density at radius 2 is 1.47 bits per heavy atom. The van der Waals surface area contributed by atoms with E-state index < -0.39 is 25.0 Å². The average molecular weight is 241 g/mol. The Morgan fingerprint density at radius 1 is 1.00 bits per heavy atom. The van der Waals surface area contributed by atoms with Crippen LogP contribution in [0.1, 0.15) is 19.3 Å². The normalized spacial score (nSPS) is 29.5. The Bertz CT molecular complexity index is 341. The van der Waals surface area contributed by atoms with Crippen molar-refractivity contribution >= 4 is 17.8 Å². The Balaban J connectivity index is 1.97. The van der Waals surface area contributed by atoms with Crippen molar-refractivity contribution in [3.8, 4) is 0 Å². The zero-order valence-electron chi connectivity index (χ0n) is 9.33. The van der Waals surface area contributed by atoms with E-state index in [4.69, 9.17) is 10.2 Å². The van der Waals surface area contributed by atoms with E-state index >= 15 is 0 Å². The van der Waals surface area contributed by atoms with Gasteiger partial charge < -0.3 is 15.1 Å². The average Bonchev–Trinajstić information content (AvgIpc) is 2.67. The van der Waals surface area contributed by atoms with Gasteiger partial charge >= 0.3 is 11.9 Å². The highest BCUT2D eigenvalue weighted by atomic mass is 16.4. The van der Waals surface area contributed by atoms with Crippen LogP contribution >= 0.6 is 0 Å². The number of aliphatic carboxylic acids is 2. The highest BCUT2D eigenvalue weighted by molar-refractivity contribution is 5.88. The lowest BCUT2D eigenvalue weighted by Gasteiger charge is -2.19. The van der Waals surface area contributed by atoms with Crippen molar-refractivity contribution in [2.75, 3.05) is 13.1 Å². The van der Waals surface area contributed by atoms with Crippen LogP contribution in [0.5, 0.6) is 0 Å². The third-order valence-corrected chi connectivity index (χ3v) is 3.66. The fraction of sp³-hybridized carbons (Fsp3) is 0.727. The number of rotatable bonds is 5. The van der Waals surface area contributed by atoms with Gasteiger partial charge in [0.1, 0.15) is 13.1 Å². The molecule has 0 saturated heterocycles. The second-order valence-electron chi connectivity index (χ2n) is 4.77. The monoisotopic (exact) mass is 241 g/mol. The lowest BCUT2D eigenvalue weighted by molar-refractivity contribution is -0.150. The van der Waals surface area contributed by atoms with Crippen molar-refractivity contribution < 1.29 is 24.6 Å². The lowest BCUT2D eigenvalue weighted by Crippen LogP contribution is -2.40. The van der Waals surface area contributed by atoms with Gasteiger partial charge in [-0.2, -0.15) is 0 Å². The predicted molar refractivity (Wildman–Crippen MR) is 56.2 cm³/mol. The topological polar surface area (TPSA) is 94.9 Å². The number of carbonyl (C=O) groups excluding carboxylic acids is 1. The number of amides is 1. The highest BCUT2D eigenvalue weighted by Gasteiger charge is 2.57. The smallest absolute Gasteiger partial charge is 0.323 e. The van der Waals surface area contributed by atoms with Crippen molar-refractivity contribution in [1.82, 2.24) is 4.90 Å². The van der Waals surface area contributed by atoms with Gasteiger partial charge in [-0.1, -0.05) is 6.42 Å². The van der Waals surface area contributed by atoms with E-state index in [1.807, 2.05) is 0 Å². The van der Waals surface area contributed by atoms with E-state index in [-0.39, 0.29) is 11.8 Å². The number of hydrogen-bond acceptors (Lipinski definition) is 3. The molecule has 6 heteroatoms. The van der Waals surface area contributed by atoms with Crippen LogP contribution in [0.2, 0.25) is 0 Å². The molecule has 0 aromatic heterocycles. The molecule has 94 valence electrons. The molecule has 2 atom stereocenters. The van der Waals surface area contributed by atoms with Crippen LogP contribution in [-0.2, 0) is 14.4 Å². The molecule has 0 bridgehead atoms. The third-order valence-electron chi connectivity index (χ3n) is 3.66. The van der Waals surface area contributed by atoms with Crippen molar-refractivity contribution in [2.45, 2.75) is 19.3 Å². The molecule has 0 aliphatic heterocycles. The number of carboxylic acids is 2. The predicted octanol–water partition coefficient (Wildman–Crippen LogP) is 0.0303. The minimum atomic E-state index is -1.18. The molecule has 0 aromatic rings. The molecular weight excluding hydrogens is 226 g/mol. The lowest BCUT2D eigenvalue weighted by atomic mass is 10.1. The summed E-state index contributed by atoms with van der Waals surface area (Å²) in [5.41, 5.74) is 0. The first kappa shape index (κ1) is 11.9. The minimum absolute atomic E-state index is 0.123. The van der Waals surface area contributed by atoms with Gasteiger partial charge in [-0.05, 0) is 24.7 Å². The summed E-state index contributed by atoms with van der Waals surface area (Å²) in [5, 5.41) is 17.3. The van der Waals surface area contributed by atoms with Crippen molar-refractivity contribution in [1.29, 1.82) is 0 Å². The summed E-state index contributed by atoms with van der Waals surface area (Å²) in [5.74, 6) is -2.04. The first-order valence-corrected chi connectivity index (χ1v) is 5.73. The van der Waals surface area contributed by atoms with Crippen LogP contribution in [0, 0.1) is 17.8 Å². The second kappa shape index (κ2) is 4.35. The van der Waals surface area contributed by atoms with E-state index in [1.165, 1.54) is 0 Å². The summed E-state index contributed by atoms with van der Waals surface area (Å²) >= 11 is 0. The van der Waals surface area contributed by atoms with Crippen LogP contribution in [0.15, 0.2) is 0 Å². The second-order valence-corrected chi connectivity index (χ2v) is 4.77. The molecule has 2 N–H and O–H groups in total. The van der Waals surface area contributed by atoms with Gasteiger partial charge in [0.15, 0.2) is 0 Å². The van der Waals surface area contributed by atoms with Gasteiger partial charge in [0.2, 0.25) is 5.91 Å². The molecule has 2 fully saturated rings. The molecular formula is C11H15NO5. The third kappa shape index (κ3) is 2.40. The maximum Gasteiger partial charge on any atom is 0.323 e. The molecule has 2 unspecified atom stereocenters. The Kier molecular flexibility index (Phi) is 3.04. The molecule has 0 radical (unpaired) electrons. The van der Waals surface area contributed by atoms with E-state index in [1.54, 1.807) is 0 Å². The van der Waals surface area contributed by atoms with Crippen LogP contribution in [-0.4, -0.2) is 46.0 Å². The van der Waals surface area contributed by atoms with Gasteiger partial charge in [-0.3, -0.25) is 14.4 Å². The summed E-state index contributed by atoms with van der Waals surface area (Å²) in [7, 11) is 0. The van der Waals surface area contributed by atoms with Gasteiger partial charge in [-0.15, -0.1) is 0 Å². The van der Waals surface area contributed by atoms with Crippen LogP contribution < -0.4 is 0 Å². The maximum atomic E-state index is 12.0. The molecule has 6 nitrogen and oxygen atoms in total. The fourth-order valence-electron chi connectivity index (χ4n) is 2.94.